The molecule has 3 rings (SSSR count). The number of carboxylic acids is 1. The van der Waals surface area contributed by atoms with Crippen LogP contribution in [0.3, 0.4) is 0 Å². The molecule has 0 saturated heterocycles. The standard InChI is InChI=1S/C25H28N2O5S/c1-17-24(25(29)30)26-22(33-17)16-27(13-7-10-18-8-5-4-6-9-18)23(28)14-19-11-12-20(31-2)15-21(19)32-3/h4-6,8-9,11-12,15H,7,10,13-14,16H2,1-3H3,(H,29,30). The Labute approximate surface area is 197 Å². The average molecular weight is 469 g/mol. The number of carbonyl (C=O) groups excluding carboxylic acids is 1. The summed E-state index contributed by atoms with van der Waals surface area (Å²) in [6, 6.07) is 15.5. The van der Waals surface area contributed by atoms with E-state index in [2.05, 4.69) is 17.1 Å². The molecule has 174 valence electrons. The number of benzene rings is 2. The number of rotatable bonds is 11. The fourth-order valence-electron chi connectivity index (χ4n) is 3.56. The number of aryl methyl sites for hydroxylation is 2. The minimum atomic E-state index is -1.06. The van der Waals surface area contributed by atoms with E-state index in [0.29, 0.717) is 27.9 Å². The van der Waals surface area contributed by atoms with Crippen molar-refractivity contribution in [2.45, 2.75) is 32.7 Å². The van der Waals surface area contributed by atoms with Crippen LogP contribution in [0, 0.1) is 6.92 Å². The summed E-state index contributed by atoms with van der Waals surface area (Å²) in [5, 5.41) is 9.94. The Morgan fingerprint density at radius 3 is 2.48 bits per heavy atom. The van der Waals surface area contributed by atoms with Crippen LogP contribution >= 0.6 is 11.3 Å². The molecule has 0 atom stereocenters. The van der Waals surface area contributed by atoms with E-state index < -0.39 is 5.97 Å². The number of hydrogen-bond donors (Lipinski definition) is 1. The van der Waals surface area contributed by atoms with Crippen molar-refractivity contribution >= 4 is 23.2 Å². The molecule has 0 fully saturated rings. The molecule has 0 aliphatic heterocycles. The SMILES string of the molecule is COc1ccc(CC(=O)N(CCCc2ccccc2)Cc2nc(C(=O)O)c(C)s2)c(OC)c1. The molecule has 8 heteroatoms. The van der Waals surface area contributed by atoms with E-state index in [1.54, 1.807) is 38.2 Å². The number of methoxy groups -OCH3 is 2. The van der Waals surface area contributed by atoms with Crippen LogP contribution in [-0.4, -0.2) is 47.6 Å². The molecular formula is C25H28N2O5S. The van der Waals surface area contributed by atoms with Gasteiger partial charge in [0, 0.05) is 23.1 Å². The number of thiazole rings is 1. The van der Waals surface area contributed by atoms with Crippen molar-refractivity contribution in [1.29, 1.82) is 0 Å². The van der Waals surface area contributed by atoms with Crippen molar-refractivity contribution in [3.8, 4) is 11.5 Å². The fourth-order valence-corrected chi connectivity index (χ4v) is 4.50. The van der Waals surface area contributed by atoms with Gasteiger partial charge < -0.3 is 19.5 Å². The Morgan fingerprint density at radius 2 is 1.85 bits per heavy atom. The van der Waals surface area contributed by atoms with Gasteiger partial charge in [0.2, 0.25) is 5.91 Å². The van der Waals surface area contributed by atoms with E-state index in [-0.39, 0.29) is 24.6 Å². The van der Waals surface area contributed by atoms with E-state index in [0.717, 1.165) is 18.4 Å². The van der Waals surface area contributed by atoms with E-state index in [1.165, 1.54) is 16.9 Å². The molecule has 0 bridgehead atoms. The van der Waals surface area contributed by atoms with Crippen molar-refractivity contribution in [1.82, 2.24) is 9.88 Å². The van der Waals surface area contributed by atoms with Gasteiger partial charge in [0.15, 0.2) is 5.69 Å². The lowest BCUT2D eigenvalue weighted by atomic mass is 10.1. The molecule has 0 radical (unpaired) electrons. The lowest BCUT2D eigenvalue weighted by Gasteiger charge is -2.22. The molecule has 0 aliphatic rings. The first-order valence-electron chi connectivity index (χ1n) is 10.6. The Balaban J connectivity index is 1.77. The second kappa shape index (κ2) is 11.5. The summed E-state index contributed by atoms with van der Waals surface area (Å²) in [5.74, 6) is 0.114. The highest BCUT2D eigenvalue weighted by Gasteiger charge is 2.21. The van der Waals surface area contributed by atoms with Gasteiger partial charge in [-0.15, -0.1) is 11.3 Å². The third-order valence-corrected chi connectivity index (χ3v) is 6.25. The normalized spacial score (nSPS) is 10.6. The minimum absolute atomic E-state index is 0.0449. The summed E-state index contributed by atoms with van der Waals surface area (Å²) >= 11 is 1.31. The zero-order valence-corrected chi connectivity index (χ0v) is 19.9. The van der Waals surface area contributed by atoms with Crippen molar-refractivity contribution in [2.24, 2.45) is 0 Å². The van der Waals surface area contributed by atoms with Gasteiger partial charge in [-0.05, 0) is 31.4 Å². The highest BCUT2D eigenvalue weighted by molar-refractivity contribution is 7.11. The number of carbonyl (C=O) groups is 2. The predicted molar refractivity (Wildman–Crippen MR) is 127 cm³/mol. The Hall–Kier alpha value is -3.39. The Kier molecular flexibility index (Phi) is 8.43. The minimum Gasteiger partial charge on any atom is -0.497 e. The average Bonchev–Trinajstić information content (AvgIpc) is 3.19. The van der Waals surface area contributed by atoms with Crippen LogP contribution in [0.25, 0.3) is 0 Å². The maximum Gasteiger partial charge on any atom is 0.355 e. The molecule has 0 unspecified atom stereocenters. The van der Waals surface area contributed by atoms with Crippen LogP contribution in [0.15, 0.2) is 48.5 Å². The van der Waals surface area contributed by atoms with Crippen molar-refractivity contribution in [3.63, 3.8) is 0 Å². The zero-order chi connectivity index (χ0) is 23.8. The van der Waals surface area contributed by atoms with E-state index in [4.69, 9.17) is 9.47 Å². The number of amides is 1. The Morgan fingerprint density at radius 1 is 1.09 bits per heavy atom. The van der Waals surface area contributed by atoms with Crippen LogP contribution < -0.4 is 9.47 Å². The number of carboxylic acid groups (broad SMARTS) is 1. The van der Waals surface area contributed by atoms with Gasteiger partial charge in [-0.1, -0.05) is 36.4 Å². The zero-order valence-electron chi connectivity index (χ0n) is 19.0. The molecule has 0 spiro atoms. The van der Waals surface area contributed by atoms with Crippen molar-refractivity contribution < 1.29 is 24.2 Å². The van der Waals surface area contributed by atoms with Crippen LogP contribution in [0.5, 0.6) is 11.5 Å². The second-order valence-corrected chi connectivity index (χ2v) is 8.86. The summed E-state index contributed by atoms with van der Waals surface area (Å²) in [6.45, 7) is 2.53. The van der Waals surface area contributed by atoms with Gasteiger partial charge in [-0.25, -0.2) is 9.78 Å². The Bertz CT molecular complexity index is 1100. The molecular weight excluding hydrogens is 440 g/mol. The van der Waals surface area contributed by atoms with Gasteiger partial charge in [-0.3, -0.25) is 4.79 Å². The number of ether oxygens (including phenoxy) is 2. The first kappa shape index (κ1) is 24.3. The van der Waals surface area contributed by atoms with E-state index in [9.17, 15) is 14.7 Å². The molecule has 1 aromatic heterocycles. The van der Waals surface area contributed by atoms with Gasteiger partial charge in [0.1, 0.15) is 16.5 Å². The number of aromatic carboxylic acids is 1. The molecule has 33 heavy (non-hydrogen) atoms. The van der Waals surface area contributed by atoms with Gasteiger partial charge in [0.25, 0.3) is 0 Å². The summed E-state index contributed by atoms with van der Waals surface area (Å²) in [4.78, 5) is 31.3. The monoisotopic (exact) mass is 468 g/mol. The summed E-state index contributed by atoms with van der Waals surface area (Å²) < 4.78 is 10.7. The summed E-state index contributed by atoms with van der Waals surface area (Å²) in [7, 11) is 3.14. The highest BCUT2D eigenvalue weighted by atomic mass is 32.1. The van der Waals surface area contributed by atoms with Gasteiger partial charge in [0.05, 0.1) is 27.2 Å². The third kappa shape index (κ3) is 6.55. The quantitative estimate of drug-likeness (QED) is 0.450. The van der Waals surface area contributed by atoms with Crippen molar-refractivity contribution in [3.05, 3.63) is 75.2 Å². The van der Waals surface area contributed by atoms with Crippen LogP contribution in [0.1, 0.15) is 37.9 Å². The largest absolute Gasteiger partial charge is 0.497 e. The maximum absolute atomic E-state index is 13.3. The molecule has 2 aromatic carbocycles. The van der Waals surface area contributed by atoms with Gasteiger partial charge in [-0.2, -0.15) is 0 Å². The van der Waals surface area contributed by atoms with E-state index in [1.807, 2.05) is 24.3 Å². The molecule has 0 saturated carbocycles. The first-order chi connectivity index (χ1) is 15.9. The van der Waals surface area contributed by atoms with Crippen molar-refractivity contribution in [2.75, 3.05) is 20.8 Å². The fraction of sp³-hybridized carbons (Fsp3) is 0.320. The lowest BCUT2D eigenvalue weighted by molar-refractivity contribution is -0.131. The smallest absolute Gasteiger partial charge is 0.355 e. The molecule has 3 aromatic rings. The molecule has 1 amide bonds. The number of aromatic nitrogens is 1. The topological polar surface area (TPSA) is 89.0 Å². The molecule has 0 aliphatic carbocycles. The summed E-state index contributed by atoms with van der Waals surface area (Å²) in [5.41, 5.74) is 2.02. The summed E-state index contributed by atoms with van der Waals surface area (Å²) in [6.07, 6.45) is 1.79. The number of nitrogens with zero attached hydrogens (tertiary/aromatic N) is 2. The predicted octanol–water partition coefficient (Wildman–Crippen LogP) is 4.37. The molecule has 1 N–H and O–H groups in total. The van der Waals surface area contributed by atoms with Gasteiger partial charge >= 0.3 is 5.97 Å². The molecule has 7 nitrogen and oxygen atoms in total. The number of hydrogen-bond acceptors (Lipinski definition) is 6. The third-order valence-electron chi connectivity index (χ3n) is 5.29. The van der Waals surface area contributed by atoms with E-state index >= 15 is 0 Å². The van der Waals surface area contributed by atoms with Crippen LogP contribution in [-0.2, 0) is 24.2 Å². The first-order valence-corrected chi connectivity index (χ1v) is 11.4. The maximum atomic E-state index is 13.3. The van der Waals surface area contributed by atoms with Crippen LogP contribution in [0.4, 0.5) is 0 Å². The molecule has 1 heterocycles. The van der Waals surface area contributed by atoms with Crippen LogP contribution in [0.2, 0.25) is 0 Å². The highest BCUT2D eigenvalue weighted by Crippen LogP contribution is 2.26. The lowest BCUT2D eigenvalue weighted by Crippen LogP contribution is -2.33. The second-order valence-electron chi connectivity index (χ2n) is 7.58.